The fraction of sp³-hybridized carbons (Fsp3) is 0.235. The second kappa shape index (κ2) is 7.63. The van der Waals surface area contributed by atoms with Gasteiger partial charge in [-0.05, 0) is 43.7 Å². The maximum absolute atomic E-state index is 12.1. The number of carbonyl (C=O) groups excluding carboxylic acids is 1. The summed E-state index contributed by atoms with van der Waals surface area (Å²) in [4.78, 5) is 12.1. The van der Waals surface area contributed by atoms with Gasteiger partial charge in [0.2, 0.25) is 0 Å². The molecule has 5 heteroatoms. The van der Waals surface area contributed by atoms with E-state index >= 15 is 0 Å². The average molecular weight is 338 g/mol. The van der Waals surface area contributed by atoms with Crippen LogP contribution in [0.15, 0.2) is 42.5 Å². The van der Waals surface area contributed by atoms with Crippen LogP contribution in [0.3, 0.4) is 0 Å². The van der Waals surface area contributed by atoms with Gasteiger partial charge in [0.1, 0.15) is 6.04 Å². The lowest BCUT2D eigenvalue weighted by Gasteiger charge is -2.13. The third-order valence-electron chi connectivity index (χ3n) is 3.52. The number of hydrogen-bond acceptors (Lipinski definition) is 1. The van der Waals surface area contributed by atoms with Crippen molar-refractivity contribution in [3.63, 3.8) is 0 Å². The quantitative estimate of drug-likeness (QED) is 0.860. The van der Waals surface area contributed by atoms with E-state index in [2.05, 4.69) is 5.32 Å². The van der Waals surface area contributed by atoms with Gasteiger partial charge in [-0.15, -0.1) is 0 Å². The number of carbonyl (C=O) groups is 1. The molecule has 0 fully saturated rings. The lowest BCUT2D eigenvalue weighted by molar-refractivity contribution is -0.682. The Morgan fingerprint density at radius 3 is 2.64 bits per heavy atom. The Kier molecular flexibility index (Phi) is 5.83. The largest absolute Gasteiger partial charge is 0.332 e. The highest BCUT2D eigenvalue weighted by atomic mass is 35.5. The van der Waals surface area contributed by atoms with E-state index in [9.17, 15) is 4.79 Å². The predicted molar refractivity (Wildman–Crippen MR) is 91.5 cm³/mol. The lowest BCUT2D eigenvalue weighted by Crippen LogP contribution is -2.86. The zero-order chi connectivity index (χ0) is 16.1. The number of aryl methyl sites for hydroxylation is 1. The van der Waals surface area contributed by atoms with E-state index in [0.29, 0.717) is 11.6 Å². The zero-order valence-electron chi connectivity index (χ0n) is 12.6. The number of nitrogens with two attached hydrogens (primary N) is 1. The maximum atomic E-state index is 12.1. The summed E-state index contributed by atoms with van der Waals surface area (Å²) in [7, 11) is 0. The first kappa shape index (κ1) is 16.8. The summed E-state index contributed by atoms with van der Waals surface area (Å²) in [6.07, 6.45) is 0. The van der Waals surface area contributed by atoms with E-state index in [-0.39, 0.29) is 11.9 Å². The zero-order valence-corrected chi connectivity index (χ0v) is 14.1. The maximum Gasteiger partial charge on any atom is 0.279 e. The molecule has 3 N–H and O–H groups in total. The van der Waals surface area contributed by atoms with Crippen LogP contribution >= 0.6 is 23.2 Å². The first-order valence-corrected chi connectivity index (χ1v) is 7.86. The number of hydrogen-bond donors (Lipinski definition) is 2. The van der Waals surface area contributed by atoms with E-state index < -0.39 is 0 Å². The number of benzene rings is 2. The van der Waals surface area contributed by atoms with Gasteiger partial charge in [0, 0.05) is 21.3 Å². The highest BCUT2D eigenvalue weighted by Crippen LogP contribution is 2.20. The molecule has 3 nitrogen and oxygen atoms in total. The monoisotopic (exact) mass is 337 g/mol. The van der Waals surface area contributed by atoms with Crippen molar-refractivity contribution in [2.75, 3.05) is 11.9 Å². The minimum absolute atomic E-state index is 0.0515. The highest BCUT2D eigenvalue weighted by Gasteiger charge is 2.14. The van der Waals surface area contributed by atoms with Gasteiger partial charge in [-0.2, -0.15) is 0 Å². The molecule has 1 amide bonds. The minimum atomic E-state index is -0.0515. The molecule has 0 aliphatic carbocycles. The van der Waals surface area contributed by atoms with Gasteiger partial charge in [-0.25, -0.2) is 0 Å². The third-order valence-corrected chi connectivity index (χ3v) is 4.09. The Bertz CT molecular complexity index is 673. The number of rotatable bonds is 5. The van der Waals surface area contributed by atoms with Gasteiger partial charge in [-0.1, -0.05) is 41.4 Å². The van der Waals surface area contributed by atoms with Crippen molar-refractivity contribution in [1.29, 1.82) is 0 Å². The summed E-state index contributed by atoms with van der Waals surface area (Å²) in [5, 5.41) is 6.24. The van der Waals surface area contributed by atoms with Crippen LogP contribution in [0.25, 0.3) is 0 Å². The van der Waals surface area contributed by atoms with E-state index in [0.717, 1.165) is 21.8 Å². The molecule has 0 radical (unpaired) electrons. The van der Waals surface area contributed by atoms with Crippen molar-refractivity contribution in [2.45, 2.75) is 19.9 Å². The highest BCUT2D eigenvalue weighted by molar-refractivity contribution is 6.31. The lowest BCUT2D eigenvalue weighted by atomic mass is 10.1. The van der Waals surface area contributed by atoms with Crippen LogP contribution in [0.4, 0.5) is 5.69 Å². The summed E-state index contributed by atoms with van der Waals surface area (Å²) < 4.78 is 0. The van der Waals surface area contributed by atoms with E-state index in [4.69, 9.17) is 23.2 Å². The second-order valence-electron chi connectivity index (χ2n) is 5.26. The predicted octanol–water partition coefficient (Wildman–Crippen LogP) is 3.56. The molecule has 2 aromatic rings. The molecule has 0 aliphatic rings. The van der Waals surface area contributed by atoms with Gasteiger partial charge in [0.05, 0.1) is 0 Å². The fourth-order valence-electron chi connectivity index (χ4n) is 2.22. The number of quaternary nitrogens is 1. The van der Waals surface area contributed by atoms with Crippen LogP contribution in [0.1, 0.15) is 24.1 Å². The van der Waals surface area contributed by atoms with Crippen LogP contribution in [0.2, 0.25) is 10.0 Å². The molecule has 22 heavy (non-hydrogen) atoms. The van der Waals surface area contributed by atoms with Gasteiger partial charge in [0.25, 0.3) is 5.91 Å². The Morgan fingerprint density at radius 2 is 1.95 bits per heavy atom. The van der Waals surface area contributed by atoms with Gasteiger partial charge >= 0.3 is 0 Å². The fourth-order valence-corrected chi connectivity index (χ4v) is 2.76. The third kappa shape index (κ3) is 4.47. The van der Waals surface area contributed by atoms with E-state index in [1.165, 1.54) is 0 Å². The molecule has 0 saturated heterocycles. The molecule has 0 saturated carbocycles. The van der Waals surface area contributed by atoms with Crippen LogP contribution < -0.4 is 10.6 Å². The molecule has 0 heterocycles. The number of halogens is 2. The first-order valence-electron chi connectivity index (χ1n) is 7.11. The molecule has 116 valence electrons. The summed E-state index contributed by atoms with van der Waals surface area (Å²) in [6, 6.07) is 13.2. The molecule has 0 aliphatic heterocycles. The molecule has 2 aromatic carbocycles. The summed E-state index contributed by atoms with van der Waals surface area (Å²) in [6.45, 7) is 4.27. The van der Waals surface area contributed by atoms with Crippen LogP contribution in [0.5, 0.6) is 0 Å². The molecule has 2 rings (SSSR count). The second-order valence-corrected chi connectivity index (χ2v) is 6.10. The Hall–Kier alpha value is -1.55. The number of nitrogens with one attached hydrogen (secondary N) is 1. The summed E-state index contributed by atoms with van der Waals surface area (Å²) >= 11 is 12.1. The molecule has 0 spiro atoms. The van der Waals surface area contributed by atoms with E-state index in [1.807, 2.05) is 55.6 Å². The SMILES string of the molecule is Cc1cc(Cl)ccc1NC(=O)C[NH2+][C@@H](C)c1ccccc1Cl. The van der Waals surface area contributed by atoms with Crippen LogP contribution in [-0.2, 0) is 4.79 Å². The van der Waals surface area contributed by atoms with Gasteiger partial charge in [-0.3, -0.25) is 4.79 Å². The van der Waals surface area contributed by atoms with Crippen molar-refractivity contribution in [2.24, 2.45) is 0 Å². The van der Waals surface area contributed by atoms with Gasteiger partial charge in [0.15, 0.2) is 6.54 Å². The summed E-state index contributed by atoms with van der Waals surface area (Å²) in [5.41, 5.74) is 2.76. The first-order chi connectivity index (χ1) is 10.5. The minimum Gasteiger partial charge on any atom is -0.332 e. The topological polar surface area (TPSA) is 45.7 Å². The molecule has 0 aromatic heterocycles. The van der Waals surface area contributed by atoms with Gasteiger partial charge < -0.3 is 10.6 Å². The number of amides is 1. The van der Waals surface area contributed by atoms with Crippen molar-refractivity contribution >= 4 is 34.8 Å². The molecule has 1 atom stereocenters. The molecule has 0 unspecified atom stereocenters. The average Bonchev–Trinajstić information content (AvgIpc) is 2.48. The molecule has 0 bridgehead atoms. The van der Waals surface area contributed by atoms with Crippen molar-refractivity contribution in [3.8, 4) is 0 Å². The van der Waals surface area contributed by atoms with E-state index in [1.54, 1.807) is 6.07 Å². The Morgan fingerprint density at radius 1 is 1.23 bits per heavy atom. The Balaban J connectivity index is 1.91. The van der Waals surface area contributed by atoms with Crippen molar-refractivity contribution in [1.82, 2.24) is 0 Å². The van der Waals surface area contributed by atoms with Crippen molar-refractivity contribution < 1.29 is 10.1 Å². The van der Waals surface area contributed by atoms with Crippen LogP contribution in [0, 0.1) is 6.92 Å². The smallest absolute Gasteiger partial charge is 0.279 e. The standard InChI is InChI=1S/C17H18Cl2N2O/c1-11-9-13(18)7-8-16(11)21-17(22)10-20-12(2)14-5-3-4-6-15(14)19/h3-9,12,20H,10H2,1-2H3,(H,21,22)/p+1/t12-/m0/s1. The van der Waals surface area contributed by atoms with Crippen LogP contribution in [-0.4, -0.2) is 12.5 Å². The Labute approximate surface area is 140 Å². The van der Waals surface area contributed by atoms with Crippen molar-refractivity contribution in [3.05, 3.63) is 63.6 Å². The number of anilines is 1. The summed E-state index contributed by atoms with van der Waals surface area (Å²) in [5.74, 6) is -0.0515. The molecular formula is C17H19Cl2N2O+. The normalized spacial score (nSPS) is 12.0. The molecular weight excluding hydrogens is 319 g/mol.